The highest BCUT2D eigenvalue weighted by molar-refractivity contribution is 7.89. The summed E-state index contributed by atoms with van der Waals surface area (Å²) in [5.74, 6) is -0.273. The summed E-state index contributed by atoms with van der Waals surface area (Å²) in [4.78, 5) is 13.8. The predicted octanol–water partition coefficient (Wildman–Crippen LogP) is 3.71. The van der Waals surface area contributed by atoms with Gasteiger partial charge < -0.3 is 0 Å². The fourth-order valence-electron chi connectivity index (χ4n) is 4.73. The van der Waals surface area contributed by atoms with Gasteiger partial charge in [-0.25, -0.2) is 17.8 Å². The van der Waals surface area contributed by atoms with E-state index in [0.29, 0.717) is 24.5 Å². The molecule has 3 heterocycles. The average Bonchev–Trinajstić information content (AvgIpc) is 3.65. The van der Waals surface area contributed by atoms with Gasteiger partial charge in [0.05, 0.1) is 30.4 Å². The fraction of sp³-hybridized carbons (Fsp3) is 0.129. The van der Waals surface area contributed by atoms with Crippen LogP contribution in [0.4, 0.5) is 0 Å². The van der Waals surface area contributed by atoms with Crippen molar-refractivity contribution in [1.82, 2.24) is 34.3 Å². The second-order valence-electron chi connectivity index (χ2n) is 9.91. The smallest absolute Gasteiger partial charge is 0.243 e. The number of piperidine rings is 1. The van der Waals surface area contributed by atoms with Crippen LogP contribution in [0.3, 0.4) is 0 Å². The molecule has 10 nitrogen and oxygen atoms in total. The van der Waals surface area contributed by atoms with E-state index in [-0.39, 0.29) is 34.9 Å². The first-order chi connectivity index (χ1) is 20.4. The number of rotatable bonds is 8. The average molecular weight is 578 g/mol. The molecule has 5 aromatic rings. The number of hydrogen-bond acceptors (Lipinski definition) is 7. The summed E-state index contributed by atoms with van der Waals surface area (Å²) in [6.07, 6.45) is 6.67. The number of benzene rings is 3. The molecule has 2 aromatic heterocycles. The van der Waals surface area contributed by atoms with E-state index in [1.807, 2.05) is 60.7 Å². The van der Waals surface area contributed by atoms with E-state index in [1.54, 1.807) is 64.2 Å². The largest absolute Gasteiger partial charge is 0.289 e. The molecule has 1 aliphatic rings. The second kappa shape index (κ2) is 11.9. The quantitative estimate of drug-likeness (QED) is 0.258. The van der Waals surface area contributed by atoms with Gasteiger partial charge in [0.2, 0.25) is 10.0 Å². The van der Waals surface area contributed by atoms with Gasteiger partial charge in [-0.15, -0.1) is 10.2 Å². The van der Waals surface area contributed by atoms with Gasteiger partial charge in [-0.2, -0.15) is 4.31 Å². The second-order valence-corrected chi connectivity index (χ2v) is 11.8. The van der Waals surface area contributed by atoms with Crippen LogP contribution in [-0.2, 0) is 27.9 Å². The lowest BCUT2D eigenvalue weighted by Crippen LogP contribution is -2.41. The minimum atomic E-state index is -3.89. The third-order valence-corrected chi connectivity index (χ3v) is 8.60. The topological polar surface area (TPSA) is 116 Å². The van der Waals surface area contributed by atoms with Crippen molar-refractivity contribution in [2.24, 2.45) is 0 Å². The SMILES string of the molecule is O=C1C(=Cc2cn(Cc3ccccc3)nn2)CN(S(=O)(=O)c2ccccc2)CC1=Cc1cn(Cc2ccccc2)nn1. The zero-order valence-corrected chi connectivity index (χ0v) is 23.4. The normalized spacial score (nSPS) is 16.3. The fourth-order valence-corrected chi connectivity index (χ4v) is 6.15. The predicted molar refractivity (Wildman–Crippen MR) is 157 cm³/mol. The number of carbonyl (C=O) groups excluding carboxylic acids is 1. The standard InChI is InChI=1S/C31H27N7O3S/c39-31-26(16-28-22-36(34-32-28)18-24-10-4-1-5-11-24)20-38(42(40,41)30-14-8-3-9-15-30)21-27(31)17-29-23-37(35-33-29)19-25-12-6-2-7-13-25/h1-17,22-23H,18-21H2. The maximum absolute atomic E-state index is 13.7. The van der Waals surface area contributed by atoms with E-state index in [1.165, 1.54) is 4.31 Å². The molecular formula is C31H27N7O3S. The molecule has 0 bridgehead atoms. The van der Waals surface area contributed by atoms with Gasteiger partial charge in [0.25, 0.3) is 0 Å². The van der Waals surface area contributed by atoms with Gasteiger partial charge >= 0.3 is 0 Å². The van der Waals surface area contributed by atoms with E-state index < -0.39 is 10.0 Å². The van der Waals surface area contributed by atoms with Crippen LogP contribution in [0.15, 0.2) is 119 Å². The molecule has 0 atom stereocenters. The Balaban J connectivity index is 1.31. The van der Waals surface area contributed by atoms with Crippen molar-refractivity contribution >= 4 is 28.0 Å². The van der Waals surface area contributed by atoms with Crippen molar-refractivity contribution in [3.63, 3.8) is 0 Å². The lowest BCUT2D eigenvalue weighted by atomic mass is 9.97. The van der Waals surface area contributed by atoms with E-state index in [9.17, 15) is 13.2 Å². The van der Waals surface area contributed by atoms with Crippen LogP contribution in [0.1, 0.15) is 22.5 Å². The molecule has 210 valence electrons. The van der Waals surface area contributed by atoms with Crippen LogP contribution < -0.4 is 0 Å². The zero-order valence-electron chi connectivity index (χ0n) is 22.6. The minimum absolute atomic E-state index is 0.0976. The van der Waals surface area contributed by atoms with Crippen LogP contribution in [0.2, 0.25) is 0 Å². The molecule has 6 rings (SSSR count). The molecular weight excluding hydrogens is 550 g/mol. The monoisotopic (exact) mass is 577 g/mol. The Morgan fingerprint density at radius 1 is 0.643 bits per heavy atom. The van der Waals surface area contributed by atoms with Crippen molar-refractivity contribution in [1.29, 1.82) is 0 Å². The molecule has 0 unspecified atom stereocenters. The third kappa shape index (κ3) is 6.17. The number of ketones is 1. The maximum Gasteiger partial charge on any atom is 0.243 e. The molecule has 42 heavy (non-hydrogen) atoms. The molecule has 1 aliphatic heterocycles. The summed E-state index contributed by atoms with van der Waals surface area (Å²) in [7, 11) is -3.89. The number of sulfonamides is 1. The highest BCUT2D eigenvalue weighted by atomic mass is 32.2. The molecule has 1 fully saturated rings. The number of carbonyl (C=O) groups is 1. The van der Waals surface area contributed by atoms with Gasteiger partial charge in [0.1, 0.15) is 11.4 Å². The summed E-state index contributed by atoms with van der Waals surface area (Å²) in [6.45, 7) is 0.839. The zero-order chi connectivity index (χ0) is 28.9. The maximum atomic E-state index is 13.7. The first-order valence-corrected chi connectivity index (χ1v) is 14.8. The molecule has 0 aliphatic carbocycles. The van der Waals surface area contributed by atoms with Crippen LogP contribution in [0, 0.1) is 0 Å². The first kappa shape index (κ1) is 27.2. The molecule has 11 heteroatoms. The summed E-state index contributed by atoms with van der Waals surface area (Å²) in [6, 6.07) is 27.8. The van der Waals surface area contributed by atoms with Crippen molar-refractivity contribution in [2.75, 3.05) is 13.1 Å². The van der Waals surface area contributed by atoms with Crippen molar-refractivity contribution in [3.8, 4) is 0 Å². The Labute approximate surface area is 243 Å². The Bertz CT molecular complexity index is 1760. The highest BCUT2D eigenvalue weighted by Crippen LogP contribution is 2.26. The molecule has 0 saturated carbocycles. The van der Waals surface area contributed by atoms with Crippen LogP contribution in [-0.4, -0.2) is 61.6 Å². The van der Waals surface area contributed by atoms with Gasteiger partial charge in [0, 0.05) is 24.2 Å². The summed E-state index contributed by atoms with van der Waals surface area (Å²) < 4.78 is 31.8. The lowest BCUT2D eigenvalue weighted by molar-refractivity contribution is -0.113. The molecule has 0 radical (unpaired) electrons. The minimum Gasteiger partial charge on any atom is -0.289 e. The molecule has 0 amide bonds. The van der Waals surface area contributed by atoms with Crippen LogP contribution in [0.25, 0.3) is 12.2 Å². The Morgan fingerprint density at radius 3 is 1.52 bits per heavy atom. The van der Waals surface area contributed by atoms with Crippen LogP contribution >= 0.6 is 0 Å². The van der Waals surface area contributed by atoms with E-state index in [4.69, 9.17) is 0 Å². The van der Waals surface area contributed by atoms with Crippen molar-refractivity contribution in [2.45, 2.75) is 18.0 Å². The Kier molecular flexibility index (Phi) is 7.67. The number of hydrogen-bond donors (Lipinski definition) is 0. The van der Waals surface area contributed by atoms with Gasteiger partial charge in [-0.3, -0.25) is 4.79 Å². The van der Waals surface area contributed by atoms with Gasteiger partial charge in [-0.05, 0) is 35.4 Å². The number of aromatic nitrogens is 6. The summed E-state index contributed by atoms with van der Waals surface area (Å²) >= 11 is 0. The molecule has 3 aromatic carbocycles. The van der Waals surface area contributed by atoms with Crippen LogP contribution in [0.5, 0.6) is 0 Å². The lowest BCUT2D eigenvalue weighted by Gasteiger charge is -2.28. The number of nitrogens with zero attached hydrogens (tertiary/aromatic N) is 7. The van der Waals surface area contributed by atoms with E-state index in [2.05, 4.69) is 20.6 Å². The van der Waals surface area contributed by atoms with Crippen molar-refractivity contribution in [3.05, 3.63) is 137 Å². The summed E-state index contributed by atoms with van der Waals surface area (Å²) in [5, 5.41) is 16.8. The first-order valence-electron chi connectivity index (χ1n) is 13.3. The third-order valence-electron chi connectivity index (χ3n) is 6.79. The highest BCUT2D eigenvalue weighted by Gasteiger charge is 2.34. The molecule has 0 N–H and O–H groups in total. The Morgan fingerprint density at radius 2 is 1.07 bits per heavy atom. The van der Waals surface area contributed by atoms with E-state index in [0.717, 1.165) is 11.1 Å². The summed E-state index contributed by atoms with van der Waals surface area (Å²) in [5.41, 5.74) is 3.61. The Hall–Kier alpha value is -5.00. The van der Waals surface area contributed by atoms with Gasteiger partial charge in [-0.1, -0.05) is 89.3 Å². The molecule has 1 saturated heterocycles. The van der Waals surface area contributed by atoms with Crippen molar-refractivity contribution < 1.29 is 13.2 Å². The van der Waals surface area contributed by atoms with E-state index >= 15 is 0 Å². The van der Waals surface area contributed by atoms with Gasteiger partial charge in [0.15, 0.2) is 5.78 Å². The molecule has 0 spiro atoms. The number of Topliss-reactive ketones (excluding diaryl/α,β-unsaturated/α-hetero) is 1.